The monoisotopic (exact) mass is 192 g/mol. The van der Waals surface area contributed by atoms with E-state index in [1.54, 1.807) is 13.2 Å². The van der Waals surface area contributed by atoms with Gasteiger partial charge < -0.3 is 9.84 Å². The van der Waals surface area contributed by atoms with E-state index in [-0.39, 0.29) is 0 Å². The average molecular weight is 192 g/mol. The zero-order valence-corrected chi connectivity index (χ0v) is 8.66. The molecule has 1 aromatic carbocycles. The minimum absolute atomic E-state index is 0.460. The minimum atomic E-state index is -0.460. The molecule has 0 radical (unpaired) electrons. The first-order valence-electron chi connectivity index (χ1n) is 4.62. The Bertz CT molecular complexity index is 318. The Balaban J connectivity index is 2.93. The van der Waals surface area contributed by atoms with Crippen molar-refractivity contribution < 1.29 is 9.84 Å². The molecule has 2 nitrogen and oxygen atoms in total. The molecule has 1 N–H and O–H groups in total. The molecule has 1 atom stereocenters. The number of hydrogen-bond acceptors (Lipinski definition) is 2. The molecule has 0 aromatic heterocycles. The third-order valence-corrected chi connectivity index (χ3v) is 2.23. The molecule has 0 saturated carbocycles. The summed E-state index contributed by atoms with van der Waals surface area (Å²) in [5.41, 5.74) is 1.98. The Morgan fingerprint density at radius 2 is 2.29 bits per heavy atom. The van der Waals surface area contributed by atoms with Crippen molar-refractivity contribution in [1.29, 1.82) is 0 Å². The largest absolute Gasteiger partial charge is 0.497 e. The second-order valence-electron chi connectivity index (χ2n) is 3.26. The van der Waals surface area contributed by atoms with Crippen molar-refractivity contribution in [2.75, 3.05) is 7.11 Å². The van der Waals surface area contributed by atoms with Crippen LogP contribution in [-0.2, 0) is 0 Å². The predicted octanol–water partition coefficient (Wildman–Crippen LogP) is 2.61. The first-order valence-corrected chi connectivity index (χ1v) is 4.62. The fourth-order valence-corrected chi connectivity index (χ4v) is 1.43. The van der Waals surface area contributed by atoms with Gasteiger partial charge in [0.05, 0.1) is 13.2 Å². The number of methoxy groups -OCH3 is 1. The molecule has 1 rings (SSSR count). The maximum atomic E-state index is 9.75. The molecule has 0 amide bonds. The highest BCUT2D eigenvalue weighted by molar-refractivity contribution is 5.36. The summed E-state index contributed by atoms with van der Waals surface area (Å²) < 4.78 is 5.09. The quantitative estimate of drug-likeness (QED) is 0.743. The third-order valence-electron chi connectivity index (χ3n) is 2.23. The number of ether oxygens (including phenoxy) is 1. The lowest BCUT2D eigenvalue weighted by molar-refractivity contribution is 0.181. The summed E-state index contributed by atoms with van der Waals surface area (Å²) in [6.45, 7) is 5.57. The molecule has 0 saturated heterocycles. The van der Waals surface area contributed by atoms with Crippen molar-refractivity contribution in [2.24, 2.45) is 0 Å². The first-order chi connectivity index (χ1) is 6.69. The van der Waals surface area contributed by atoms with E-state index in [1.807, 2.05) is 25.1 Å². The molecule has 0 bridgehead atoms. The summed E-state index contributed by atoms with van der Waals surface area (Å²) in [7, 11) is 1.63. The van der Waals surface area contributed by atoms with Crippen molar-refractivity contribution in [1.82, 2.24) is 0 Å². The van der Waals surface area contributed by atoms with Crippen LogP contribution < -0.4 is 4.74 Å². The van der Waals surface area contributed by atoms with Crippen LogP contribution in [0.3, 0.4) is 0 Å². The maximum absolute atomic E-state index is 9.75. The van der Waals surface area contributed by atoms with Crippen molar-refractivity contribution in [3.05, 3.63) is 42.0 Å². The van der Waals surface area contributed by atoms with Gasteiger partial charge in [0.1, 0.15) is 5.75 Å². The molecule has 76 valence electrons. The van der Waals surface area contributed by atoms with E-state index in [9.17, 15) is 5.11 Å². The number of aliphatic hydroxyl groups is 1. The fourth-order valence-electron chi connectivity index (χ4n) is 1.43. The summed E-state index contributed by atoms with van der Waals surface area (Å²) in [5, 5.41) is 9.75. The Morgan fingerprint density at radius 3 is 2.79 bits per heavy atom. The highest BCUT2D eigenvalue weighted by Gasteiger charge is 2.08. The molecule has 2 heteroatoms. The van der Waals surface area contributed by atoms with Gasteiger partial charge in [-0.3, -0.25) is 0 Å². The highest BCUT2D eigenvalue weighted by Crippen LogP contribution is 2.24. The predicted molar refractivity (Wildman–Crippen MR) is 57.5 cm³/mol. The molecule has 1 aromatic rings. The summed E-state index contributed by atoms with van der Waals surface area (Å²) in [4.78, 5) is 0. The summed E-state index contributed by atoms with van der Waals surface area (Å²) >= 11 is 0. The van der Waals surface area contributed by atoms with Crippen molar-refractivity contribution in [2.45, 2.75) is 19.4 Å². The number of rotatable bonds is 4. The van der Waals surface area contributed by atoms with Gasteiger partial charge in [-0.1, -0.05) is 12.1 Å². The van der Waals surface area contributed by atoms with Crippen molar-refractivity contribution in [3.63, 3.8) is 0 Å². The lowest BCUT2D eigenvalue weighted by Crippen LogP contribution is -1.98. The lowest BCUT2D eigenvalue weighted by Gasteiger charge is -2.12. The van der Waals surface area contributed by atoms with Gasteiger partial charge in [0.15, 0.2) is 0 Å². The van der Waals surface area contributed by atoms with Crippen LogP contribution in [-0.4, -0.2) is 12.2 Å². The fraction of sp³-hybridized carbons (Fsp3) is 0.333. The van der Waals surface area contributed by atoms with Crippen LogP contribution in [0, 0.1) is 6.92 Å². The van der Waals surface area contributed by atoms with Crippen LogP contribution in [0.2, 0.25) is 0 Å². The summed E-state index contributed by atoms with van der Waals surface area (Å²) in [6, 6.07) is 5.67. The van der Waals surface area contributed by atoms with Gasteiger partial charge in [-0.2, -0.15) is 0 Å². The number of benzene rings is 1. The molecule has 0 spiro atoms. The van der Waals surface area contributed by atoms with Crippen LogP contribution >= 0.6 is 0 Å². The van der Waals surface area contributed by atoms with Crippen LogP contribution in [0.15, 0.2) is 30.9 Å². The number of hydrogen-bond donors (Lipinski definition) is 1. The van der Waals surface area contributed by atoms with Gasteiger partial charge in [-0.15, -0.1) is 6.58 Å². The van der Waals surface area contributed by atoms with E-state index >= 15 is 0 Å². The maximum Gasteiger partial charge on any atom is 0.119 e. The second kappa shape index (κ2) is 4.82. The number of aliphatic hydroxyl groups excluding tert-OH is 1. The Hall–Kier alpha value is -1.28. The van der Waals surface area contributed by atoms with Crippen molar-refractivity contribution in [3.8, 4) is 5.75 Å². The minimum Gasteiger partial charge on any atom is -0.497 e. The Labute approximate surface area is 84.8 Å². The smallest absolute Gasteiger partial charge is 0.119 e. The van der Waals surface area contributed by atoms with E-state index in [1.165, 1.54) is 0 Å². The zero-order chi connectivity index (χ0) is 10.6. The van der Waals surface area contributed by atoms with Gasteiger partial charge >= 0.3 is 0 Å². The Kier molecular flexibility index (Phi) is 3.72. The van der Waals surface area contributed by atoms with Crippen LogP contribution in [0.25, 0.3) is 0 Å². The molecular weight excluding hydrogens is 176 g/mol. The first kappa shape index (κ1) is 10.8. The Morgan fingerprint density at radius 1 is 1.57 bits per heavy atom. The van der Waals surface area contributed by atoms with E-state index in [4.69, 9.17) is 4.74 Å². The molecule has 0 heterocycles. The van der Waals surface area contributed by atoms with E-state index in [0.29, 0.717) is 6.42 Å². The van der Waals surface area contributed by atoms with Gasteiger partial charge in [-0.05, 0) is 36.6 Å². The lowest BCUT2D eigenvalue weighted by atomic mass is 10.0. The topological polar surface area (TPSA) is 29.5 Å². The van der Waals surface area contributed by atoms with Crippen LogP contribution in [0.4, 0.5) is 0 Å². The third kappa shape index (κ3) is 2.36. The van der Waals surface area contributed by atoms with Gasteiger partial charge in [0.25, 0.3) is 0 Å². The SMILES string of the molecule is C=CC[C@@H](O)c1ccc(OC)cc1C. The summed E-state index contributed by atoms with van der Waals surface area (Å²) in [5.74, 6) is 0.817. The van der Waals surface area contributed by atoms with Crippen molar-refractivity contribution >= 4 is 0 Å². The second-order valence-corrected chi connectivity index (χ2v) is 3.26. The van der Waals surface area contributed by atoms with Gasteiger partial charge in [0.2, 0.25) is 0 Å². The van der Waals surface area contributed by atoms with E-state index in [2.05, 4.69) is 6.58 Å². The standard InChI is InChI=1S/C12H16O2/c1-4-5-12(13)11-7-6-10(14-3)8-9(11)2/h4,6-8,12-13H,1,5H2,2-3H3/t12-/m1/s1. The molecular formula is C12H16O2. The van der Waals surface area contributed by atoms with Gasteiger partial charge in [0, 0.05) is 0 Å². The molecule has 0 aliphatic rings. The molecule has 14 heavy (non-hydrogen) atoms. The molecule has 0 fully saturated rings. The van der Waals surface area contributed by atoms with Crippen LogP contribution in [0.5, 0.6) is 5.75 Å². The number of aryl methyl sites for hydroxylation is 1. The average Bonchev–Trinajstić information content (AvgIpc) is 2.17. The molecule has 0 unspecified atom stereocenters. The highest BCUT2D eigenvalue weighted by atomic mass is 16.5. The summed E-state index contributed by atoms with van der Waals surface area (Å²) in [6.07, 6.45) is 1.83. The molecule has 0 aliphatic carbocycles. The van der Waals surface area contributed by atoms with E-state index < -0.39 is 6.10 Å². The van der Waals surface area contributed by atoms with Gasteiger partial charge in [-0.25, -0.2) is 0 Å². The van der Waals surface area contributed by atoms with Crippen LogP contribution in [0.1, 0.15) is 23.7 Å². The molecule has 0 aliphatic heterocycles. The van der Waals surface area contributed by atoms with E-state index in [0.717, 1.165) is 16.9 Å². The normalized spacial score (nSPS) is 12.2. The zero-order valence-electron chi connectivity index (χ0n) is 8.66.